The number of hydrogen-bond donors (Lipinski definition) is 0. The summed E-state index contributed by atoms with van der Waals surface area (Å²) in [7, 11) is 0. The number of ether oxygens (including phenoxy) is 1. The van der Waals surface area contributed by atoms with Gasteiger partial charge in [-0.05, 0) is 13.8 Å². The molecule has 1 saturated heterocycles. The van der Waals surface area contributed by atoms with Crippen LogP contribution < -0.4 is 4.74 Å². The highest BCUT2D eigenvalue weighted by atomic mass is 35.5. The van der Waals surface area contributed by atoms with E-state index in [1.54, 1.807) is 24.8 Å². The van der Waals surface area contributed by atoms with Gasteiger partial charge in [-0.25, -0.2) is 18.3 Å². The van der Waals surface area contributed by atoms with Crippen LogP contribution >= 0.6 is 11.6 Å². The summed E-state index contributed by atoms with van der Waals surface area (Å²) < 4.78 is 34.5. The van der Waals surface area contributed by atoms with Crippen molar-refractivity contribution in [3.05, 3.63) is 52.7 Å². The molecule has 0 aliphatic carbocycles. The Kier molecular flexibility index (Phi) is 4.78. The standard InChI is InChI=1S/C22H18ClF2N5O2/c1-22(2,20(24)25)21(31)29-11-14-5-17(29)15-8-26-7-13(18(15)32-14)4-3-12-6-27-19-16(23)9-28-30(19)10-12/h6-10,14,17,20H,5,11H2,1-2H3/t14-,17-/m0/s1. The van der Waals surface area contributed by atoms with Gasteiger partial charge in [-0.3, -0.25) is 9.78 Å². The molecule has 5 heterocycles. The molecule has 3 aromatic heterocycles. The van der Waals surface area contributed by atoms with Crippen molar-refractivity contribution >= 4 is 23.2 Å². The SMILES string of the molecule is CC(C)(C(=O)N1C[C@@H]2C[C@H]1c1cncc(C#Cc3cnc4c(Cl)cnn4c3)c1O2)C(F)F. The van der Waals surface area contributed by atoms with Gasteiger partial charge in [0.15, 0.2) is 5.65 Å². The molecule has 7 nitrogen and oxygen atoms in total. The van der Waals surface area contributed by atoms with E-state index in [0.717, 1.165) is 0 Å². The minimum Gasteiger partial charge on any atom is -0.487 e. The minimum absolute atomic E-state index is 0.252. The van der Waals surface area contributed by atoms with Gasteiger partial charge in [-0.2, -0.15) is 5.10 Å². The number of carbonyl (C=O) groups is 1. The number of hydrogen-bond acceptors (Lipinski definition) is 5. The van der Waals surface area contributed by atoms with Gasteiger partial charge in [0.2, 0.25) is 5.91 Å². The van der Waals surface area contributed by atoms with Crippen LogP contribution in [0.1, 0.15) is 43.0 Å². The Morgan fingerprint density at radius 2 is 2.09 bits per heavy atom. The number of carbonyl (C=O) groups excluding carboxylic acids is 1. The lowest BCUT2D eigenvalue weighted by atomic mass is 9.91. The van der Waals surface area contributed by atoms with E-state index in [9.17, 15) is 13.6 Å². The van der Waals surface area contributed by atoms with E-state index in [-0.39, 0.29) is 18.7 Å². The van der Waals surface area contributed by atoms with Gasteiger partial charge < -0.3 is 9.64 Å². The Morgan fingerprint density at radius 1 is 1.28 bits per heavy atom. The first-order valence-electron chi connectivity index (χ1n) is 10.0. The zero-order valence-corrected chi connectivity index (χ0v) is 18.0. The van der Waals surface area contributed by atoms with Crippen LogP contribution in [0.5, 0.6) is 5.75 Å². The first-order chi connectivity index (χ1) is 15.3. The van der Waals surface area contributed by atoms with Crippen LogP contribution in [-0.4, -0.2) is 49.5 Å². The maximum absolute atomic E-state index is 13.5. The van der Waals surface area contributed by atoms with Crippen molar-refractivity contribution in [2.75, 3.05) is 6.54 Å². The molecule has 0 spiro atoms. The van der Waals surface area contributed by atoms with E-state index >= 15 is 0 Å². The highest BCUT2D eigenvalue weighted by molar-refractivity contribution is 6.33. The molecule has 32 heavy (non-hydrogen) atoms. The van der Waals surface area contributed by atoms with Crippen molar-refractivity contribution in [3.8, 4) is 17.6 Å². The molecular formula is C22H18ClF2N5O2. The monoisotopic (exact) mass is 457 g/mol. The van der Waals surface area contributed by atoms with Crippen molar-refractivity contribution in [2.24, 2.45) is 5.41 Å². The van der Waals surface area contributed by atoms with Crippen LogP contribution in [0.3, 0.4) is 0 Å². The van der Waals surface area contributed by atoms with Gasteiger partial charge in [-0.15, -0.1) is 0 Å². The highest BCUT2D eigenvalue weighted by Gasteiger charge is 2.49. The summed E-state index contributed by atoms with van der Waals surface area (Å²) in [4.78, 5) is 22.9. The maximum atomic E-state index is 13.5. The average molecular weight is 458 g/mol. The summed E-state index contributed by atoms with van der Waals surface area (Å²) >= 11 is 6.01. The average Bonchev–Trinajstić information content (AvgIpc) is 3.31. The summed E-state index contributed by atoms with van der Waals surface area (Å²) in [6.45, 7) is 2.78. The molecule has 0 N–H and O–H groups in total. The molecule has 10 heteroatoms. The number of pyridine rings is 1. The van der Waals surface area contributed by atoms with Gasteiger partial charge >= 0.3 is 0 Å². The third-order valence-electron chi connectivity index (χ3n) is 5.84. The molecule has 1 amide bonds. The van der Waals surface area contributed by atoms with Gasteiger partial charge in [0.25, 0.3) is 6.43 Å². The molecule has 2 bridgehead atoms. The molecule has 0 unspecified atom stereocenters. The molecular weight excluding hydrogens is 440 g/mol. The highest BCUT2D eigenvalue weighted by Crippen LogP contribution is 2.46. The fourth-order valence-corrected chi connectivity index (χ4v) is 4.18. The Morgan fingerprint density at radius 3 is 2.88 bits per heavy atom. The summed E-state index contributed by atoms with van der Waals surface area (Å²) in [6, 6.07) is -0.368. The molecule has 164 valence electrons. The number of nitrogens with zero attached hydrogens (tertiary/aromatic N) is 5. The second-order valence-corrected chi connectivity index (χ2v) is 8.84. The molecule has 3 aromatic rings. The van der Waals surface area contributed by atoms with Gasteiger partial charge in [0.1, 0.15) is 22.3 Å². The summed E-state index contributed by atoms with van der Waals surface area (Å²) in [5.74, 6) is 6.01. The van der Waals surface area contributed by atoms with Gasteiger partial charge in [0, 0.05) is 36.8 Å². The minimum atomic E-state index is -2.76. The molecule has 1 fully saturated rings. The third-order valence-corrected chi connectivity index (χ3v) is 6.11. The number of alkyl halides is 2. The lowest BCUT2D eigenvalue weighted by molar-refractivity contribution is -0.149. The fraction of sp³-hybridized carbons (Fsp3) is 0.364. The predicted octanol–water partition coefficient (Wildman–Crippen LogP) is 3.50. The zero-order valence-electron chi connectivity index (χ0n) is 17.2. The van der Waals surface area contributed by atoms with Gasteiger partial charge in [-0.1, -0.05) is 23.4 Å². The van der Waals surface area contributed by atoms with Crippen LogP contribution in [0.25, 0.3) is 5.65 Å². The fourth-order valence-electron chi connectivity index (χ4n) is 4.00. The second-order valence-electron chi connectivity index (χ2n) is 8.43. The summed E-state index contributed by atoms with van der Waals surface area (Å²) in [5.41, 5.74) is 0.606. The quantitative estimate of drug-likeness (QED) is 0.551. The smallest absolute Gasteiger partial charge is 0.252 e. The van der Waals surface area contributed by atoms with Crippen molar-refractivity contribution in [2.45, 2.75) is 38.8 Å². The lowest BCUT2D eigenvalue weighted by Crippen LogP contribution is -2.44. The van der Waals surface area contributed by atoms with Gasteiger partial charge in [0.05, 0.1) is 29.9 Å². The van der Waals surface area contributed by atoms with Crippen LogP contribution in [0.4, 0.5) is 8.78 Å². The number of aromatic nitrogens is 4. The number of fused-ring (bicyclic) bond motifs is 5. The Bertz CT molecular complexity index is 1300. The molecule has 0 aromatic carbocycles. The Hall–Kier alpha value is -3.25. The van der Waals surface area contributed by atoms with Crippen LogP contribution in [0.2, 0.25) is 5.02 Å². The zero-order chi connectivity index (χ0) is 22.6. The topological polar surface area (TPSA) is 72.6 Å². The number of halogens is 3. The van der Waals surface area contributed by atoms with Crippen molar-refractivity contribution < 1.29 is 18.3 Å². The lowest BCUT2D eigenvalue weighted by Gasteiger charge is -2.32. The predicted molar refractivity (Wildman–Crippen MR) is 111 cm³/mol. The maximum Gasteiger partial charge on any atom is 0.252 e. The van der Waals surface area contributed by atoms with Crippen LogP contribution in [0, 0.1) is 17.3 Å². The molecule has 2 atom stereocenters. The first-order valence-corrected chi connectivity index (χ1v) is 10.4. The van der Waals surface area contributed by atoms with E-state index < -0.39 is 17.7 Å². The molecule has 0 saturated carbocycles. The van der Waals surface area contributed by atoms with Crippen LogP contribution in [-0.2, 0) is 4.79 Å². The van der Waals surface area contributed by atoms with Crippen molar-refractivity contribution in [3.63, 3.8) is 0 Å². The second kappa shape index (κ2) is 7.41. The normalized spacial score (nSPS) is 19.5. The van der Waals surface area contributed by atoms with Crippen LogP contribution in [0.15, 0.2) is 31.0 Å². The van der Waals surface area contributed by atoms with Crippen molar-refractivity contribution in [1.29, 1.82) is 0 Å². The van der Waals surface area contributed by atoms with E-state index in [2.05, 4.69) is 26.9 Å². The first kappa shape index (κ1) is 20.6. The van der Waals surface area contributed by atoms with E-state index in [0.29, 0.717) is 39.5 Å². The third kappa shape index (κ3) is 3.26. The molecule has 2 aliphatic heterocycles. The number of rotatable bonds is 2. The molecule has 0 radical (unpaired) electrons. The summed E-state index contributed by atoms with van der Waals surface area (Å²) in [5, 5.41) is 4.56. The van der Waals surface area contributed by atoms with Crippen molar-refractivity contribution in [1.82, 2.24) is 24.5 Å². The summed E-state index contributed by atoms with van der Waals surface area (Å²) in [6.07, 6.45) is 5.50. The Balaban J connectivity index is 1.48. The molecule has 2 aliphatic rings. The van der Waals surface area contributed by atoms with E-state index in [1.807, 2.05) is 0 Å². The molecule has 5 rings (SSSR count). The van der Waals surface area contributed by atoms with E-state index in [1.165, 1.54) is 29.5 Å². The Labute approximate surface area is 187 Å². The number of likely N-dealkylation sites (tertiary alicyclic amines) is 1. The number of amides is 1. The largest absolute Gasteiger partial charge is 0.487 e. The van der Waals surface area contributed by atoms with E-state index in [4.69, 9.17) is 16.3 Å².